The molecule has 0 unspecified atom stereocenters. The highest BCUT2D eigenvalue weighted by molar-refractivity contribution is 5.55. The number of aromatic amines is 1. The first-order valence-electron chi connectivity index (χ1n) is 9.56. The zero-order valence-electron chi connectivity index (χ0n) is 15.6. The van der Waals surface area contributed by atoms with Gasteiger partial charge >= 0.3 is 0 Å². The van der Waals surface area contributed by atoms with Gasteiger partial charge in [0.15, 0.2) is 11.5 Å². The molecule has 5 nitrogen and oxygen atoms in total. The summed E-state index contributed by atoms with van der Waals surface area (Å²) in [4.78, 5) is 8.38. The lowest BCUT2D eigenvalue weighted by atomic mass is 10.1. The van der Waals surface area contributed by atoms with Crippen LogP contribution in [-0.4, -0.2) is 16.8 Å². The average molecular weight is 363 g/mol. The Kier molecular flexibility index (Phi) is 5.39. The van der Waals surface area contributed by atoms with Crippen molar-refractivity contribution < 1.29 is 9.47 Å². The summed E-state index contributed by atoms with van der Waals surface area (Å²) in [5.74, 6) is 2.59. The number of nitrogens with one attached hydrogen (secondary N) is 2. The Morgan fingerprint density at radius 2 is 1.89 bits per heavy atom. The van der Waals surface area contributed by atoms with Crippen molar-refractivity contribution in [1.82, 2.24) is 15.3 Å². The number of unbranched alkanes of at least 4 members (excludes halogenated alkanes) is 1. The third-order valence-electron chi connectivity index (χ3n) is 4.75. The summed E-state index contributed by atoms with van der Waals surface area (Å²) in [7, 11) is 0. The molecule has 0 aliphatic carbocycles. The summed E-state index contributed by atoms with van der Waals surface area (Å²) in [5, 5.41) is 3.52. The van der Waals surface area contributed by atoms with Crippen molar-refractivity contribution in [1.29, 1.82) is 0 Å². The molecule has 0 atom stereocenters. The third-order valence-corrected chi connectivity index (χ3v) is 4.75. The second kappa shape index (κ2) is 8.27. The molecule has 2 N–H and O–H groups in total. The molecule has 140 valence electrons. The number of hydrogen-bond donors (Lipinski definition) is 2. The summed E-state index contributed by atoms with van der Waals surface area (Å²) in [6.45, 7) is 4.04. The summed E-state index contributed by atoms with van der Waals surface area (Å²) < 4.78 is 10.8. The maximum absolute atomic E-state index is 5.45. The van der Waals surface area contributed by atoms with Gasteiger partial charge in [-0.2, -0.15) is 0 Å². The molecular weight excluding hydrogens is 338 g/mol. The topological polar surface area (TPSA) is 59.2 Å². The van der Waals surface area contributed by atoms with Crippen LogP contribution in [-0.2, 0) is 19.5 Å². The third kappa shape index (κ3) is 4.14. The van der Waals surface area contributed by atoms with Crippen molar-refractivity contribution in [2.75, 3.05) is 6.79 Å². The smallest absolute Gasteiger partial charge is 0.231 e. The number of rotatable bonds is 8. The number of imidazole rings is 1. The highest BCUT2D eigenvalue weighted by Gasteiger charge is 2.14. The molecule has 0 saturated heterocycles. The van der Waals surface area contributed by atoms with E-state index in [2.05, 4.69) is 35.4 Å². The van der Waals surface area contributed by atoms with Crippen molar-refractivity contribution in [2.45, 2.75) is 39.3 Å². The van der Waals surface area contributed by atoms with Gasteiger partial charge in [0, 0.05) is 18.7 Å². The van der Waals surface area contributed by atoms with Gasteiger partial charge in [0.1, 0.15) is 5.82 Å². The maximum atomic E-state index is 5.45. The van der Waals surface area contributed by atoms with Gasteiger partial charge in [-0.1, -0.05) is 49.7 Å². The average Bonchev–Trinajstić information content (AvgIpc) is 3.33. The monoisotopic (exact) mass is 363 g/mol. The van der Waals surface area contributed by atoms with Crippen molar-refractivity contribution >= 4 is 0 Å². The highest BCUT2D eigenvalue weighted by Crippen LogP contribution is 2.32. The van der Waals surface area contributed by atoms with Crippen LogP contribution in [0.5, 0.6) is 11.5 Å². The molecule has 27 heavy (non-hydrogen) atoms. The zero-order chi connectivity index (χ0) is 18.5. The minimum atomic E-state index is 0.309. The van der Waals surface area contributed by atoms with Crippen LogP contribution in [0, 0.1) is 0 Å². The van der Waals surface area contributed by atoms with Crippen molar-refractivity contribution in [3.8, 4) is 22.9 Å². The van der Waals surface area contributed by atoms with Gasteiger partial charge in [-0.15, -0.1) is 0 Å². The minimum Gasteiger partial charge on any atom is -0.454 e. The number of fused-ring (bicyclic) bond motifs is 1. The molecule has 3 aromatic rings. The van der Waals surface area contributed by atoms with Crippen molar-refractivity contribution in [3.63, 3.8) is 0 Å². The molecule has 2 heterocycles. The van der Waals surface area contributed by atoms with E-state index < -0.39 is 0 Å². The van der Waals surface area contributed by atoms with Gasteiger partial charge in [-0.05, 0) is 30.5 Å². The number of aryl methyl sites for hydroxylation is 1. The summed E-state index contributed by atoms with van der Waals surface area (Å²) in [6, 6.07) is 16.4. The Morgan fingerprint density at radius 3 is 2.74 bits per heavy atom. The lowest BCUT2D eigenvalue weighted by molar-refractivity contribution is 0.174. The fourth-order valence-corrected chi connectivity index (χ4v) is 3.26. The molecule has 0 amide bonds. The van der Waals surface area contributed by atoms with E-state index in [0.29, 0.717) is 6.79 Å². The van der Waals surface area contributed by atoms with E-state index >= 15 is 0 Å². The minimum absolute atomic E-state index is 0.309. The first kappa shape index (κ1) is 17.6. The van der Waals surface area contributed by atoms with E-state index in [1.807, 2.05) is 30.3 Å². The maximum Gasteiger partial charge on any atom is 0.231 e. The molecule has 1 aliphatic heterocycles. The predicted octanol–water partition coefficient (Wildman–Crippen LogP) is 4.44. The molecule has 5 heteroatoms. The van der Waals surface area contributed by atoms with E-state index in [4.69, 9.17) is 14.5 Å². The fourth-order valence-electron chi connectivity index (χ4n) is 3.26. The number of H-pyrrole nitrogens is 1. The molecule has 0 bridgehead atoms. The van der Waals surface area contributed by atoms with Crippen LogP contribution < -0.4 is 14.8 Å². The second-order valence-electron chi connectivity index (χ2n) is 6.77. The van der Waals surface area contributed by atoms with Crippen LogP contribution in [0.4, 0.5) is 0 Å². The molecular formula is C22H25N3O2. The molecule has 2 aromatic carbocycles. The molecule has 4 rings (SSSR count). The number of benzene rings is 2. The van der Waals surface area contributed by atoms with Gasteiger partial charge in [0.25, 0.3) is 0 Å². The van der Waals surface area contributed by atoms with Gasteiger partial charge < -0.3 is 19.8 Å². The molecule has 0 saturated carbocycles. The van der Waals surface area contributed by atoms with Gasteiger partial charge in [0.05, 0.1) is 11.4 Å². The Hall–Kier alpha value is -2.79. The summed E-state index contributed by atoms with van der Waals surface area (Å²) in [5.41, 5.74) is 4.63. The van der Waals surface area contributed by atoms with Crippen LogP contribution in [0.2, 0.25) is 0 Å². The molecule has 1 aromatic heterocycles. The Balaban J connectivity index is 1.44. The van der Waals surface area contributed by atoms with E-state index in [9.17, 15) is 0 Å². The van der Waals surface area contributed by atoms with Crippen molar-refractivity contribution in [2.24, 2.45) is 0 Å². The summed E-state index contributed by atoms with van der Waals surface area (Å²) in [6.07, 6.45) is 3.31. The van der Waals surface area contributed by atoms with Crippen LogP contribution in [0.15, 0.2) is 48.5 Å². The van der Waals surface area contributed by atoms with E-state index in [1.165, 1.54) is 11.3 Å². The van der Waals surface area contributed by atoms with Crippen LogP contribution in [0.3, 0.4) is 0 Å². The quantitative estimate of drug-likeness (QED) is 0.621. The number of nitrogens with zero attached hydrogens (tertiary/aromatic N) is 1. The number of hydrogen-bond acceptors (Lipinski definition) is 4. The molecule has 1 aliphatic rings. The lowest BCUT2D eigenvalue weighted by Gasteiger charge is -2.06. The van der Waals surface area contributed by atoms with Gasteiger partial charge in [-0.25, -0.2) is 4.98 Å². The van der Waals surface area contributed by atoms with Crippen LogP contribution >= 0.6 is 0 Å². The van der Waals surface area contributed by atoms with Gasteiger partial charge in [0.2, 0.25) is 6.79 Å². The fraction of sp³-hybridized carbons (Fsp3) is 0.318. The largest absolute Gasteiger partial charge is 0.454 e. The Morgan fingerprint density at radius 1 is 1.04 bits per heavy atom. The molecule has 0 spiro atoms. The van der Waals surface area contributed by atoms with Crippen molar-refractivity contribution in [3.05, 3.63) is 65.5 Å². The molecule has 0 radical (unpaired) electrons. The lowest BCUT2D eigenvalue weighted by Crippen LogP contribution is -2.14. The van der Waals surface area contributed by atoms with Gasteiger partial charge in [-0.3, -0.25) is 0 Å². The van der Waals surface area contributed by atoms with E-state index in [-0.39, 0.29) is 0 Å². The standard InChI is InChI=1S/C22H25N3O2/c1-2-3-9-18-19(25-22(24-18)17-7-5-4-6-8-17)14-23-13-16-10-11-20-21(12-16)27-15-26-20/h4-8,10-12,23H,2-3,9,13-15H2,1H3,(H,24,25). The normalized spacial score (nSPS) is 12.5. The predicted molar refractivity (Wildman–Crippen MR) is 106 cm³/mol. The number of ether oxygens (including phenoxy) is 2. The second-order valence-corrected chi connectivity index (χ2v) is 6.77. The Labute approximate surface area is 159 Å². The summed E-state index contributed by atoms with van der Waals surface area (Å²) >= 11 is 0. The van der Waals surface area contributed by atoms with E-state index in [0.717, 1.165) is 60.9 Å². The first-order valence-corrected chi connectivity index (χ1v) is 9.56. The van der Waals surface area contributed by atoms with E-state index in [1.54, 1.807) is 0 Å². The van der Waals surface area contributed by atoms with Crippen LogP contribution in [0.25, 0.3) is 11.4 Å². The highest BCUT2D eigenvalue weighted by atomic mass is 16.7. The zero-order valence-corrected chi connectivity index (χ0v) is 15.6. The Bertz CT molecular complexity index is 890. The first-order chi connectivity index (χ1) is 13.3. The molecule has 0 fully saturated rings. The number of aromatic nitrogens is 2. The SMILES string of the molecule is CCCCc1nc(-c2ccccc2)[nH]c1CNCc1ccc2c(c1)OCO2. The van der Waals surface area contributed by atoms with Crippen LogP contribution in [0.1, 0.15) is 36.7 Å².